The number of nitrogens with two attached hydrogens (primary N) is 1. The first-order valence-electron chi connectivity index (χ1n) is 5.18. The van der Waals surface area contributed by atoms with Crippen LogP contribution in [-0.2, 0) is 4.74 Å². The molecule has 2 rings (SSSR count). The van der Waals surface area contributed by atoms with Crippen molar-refractivity contribution in [3.63, 3.8) is 0 Å². The number of esters is 1. The number of thiophene rings is 1. The third kappa shape index (κ3) is 2.00. The fraction of sp³-hybridized carbons (Fsp3) is 0.182. The normalized spacial score (nSPS) is 10.5. The van der Waals surface area contributed by atoms with Crippen molar-refractivity contribution < 1.29 is 14.5 Å². The standard InChI is InChI=1S/C11H10N2O4S/c1-2-17-11(14)9-5-6-8(18-9)4-3-7(12)10(6)13(15)16/h3-5H,2,12H2,1H3. The molecule has 0 unspecified atom stereocenters. The quantitative estimate of drug-likeness (QED) is 0.398. The Morgan fingerprint density at radius 1 is 1.56 bits per heavy atom. The van der Waals surface area contributed by atoms with Gasteiger partial charge < -0.3 is 10.5 Å². The molecule has 18 heavy (non-hydrogen) atoms. The third-order valence-electron chi connectivity index (χ3n) is 2.36. The van der Waals surface area contributed by atoms with Crippen LogP contribution in [0.2, 0.25) is 0 Å². The van der Waals surface area contributed by atoms with Gasteiger partial charge in [0.1, 0.15) is 10.6 Å². The van der Waals surface area contributed by atoms with E-state index < -0.39 is 10.9 Å². The SMILES string of the molecule is CCOC(=O)c1cc2c([N+](=O)[O-])c(N)ccc2s1. The molecule has 2 N–H and O–H groups in total. The van der Waals surface area contributed by atoms with Crippen molar-refractivity contribution in [3.05, 3.63) is 33.2 Å². The van der Waals surface area contributed by atoms with Crippen LogP contribution in [0.3, 0.4) is 0 Å². The molecular formula is C11H10N2O4S. The van der Waals surface area contributed by atoms with E-state index in [9.17, 15) is 14.9 Å². The zero-order valence-corrected chi connectivity index (χ0v) is 10.3. The first-order chi connectivity index (χ1) is 8.54. The lowest BCUT2D eigenvalue weighted by Gasteiger charge is -1.97. The van der Waals surface area contributed by atoms with E-state index in [0.29, 0.717) is 15.0 Å². The smallest absolute Gasteiger partial charge is 0.348 e. The number of nitro benzene ring substituents is 1. The second kappa shape index (κ2) is 4.61. The largest absolute Gasteiger partial charge is 0.462 e. The predicted molar refractivity (Wildman–Crippen MR) is 68.8 cm³/mol. The number of hydrogen-bond acceptors (Lipinski definition) is 6. The number of nitrogens with zero attached hydrogens (tertiary/aromatic N) is 1. The van der Waals surface area contributed by atoms with Gasteiger partial charge in [0.25, 0.3) is 0 Å². The Labute approximate surface area is 106 Å². The maximum absolute atomic E-state index is 11.6. The van der Waals surface area contributed by atoms with Gasteiger partial charge in [-0.1, -0.05) is 0 Å². The summed E-state index contributed by atoms with van der Waals surface area (Å²) >= 11 is 1.15. The van der Waals surface area contributed by atoms with Crippen LogP contribution in [0.15, 0.2) is 18.2 Å². The number of fused-ring (bicyclic) bond motifs is 1. The Hall–Kier alpha value is -2.15. The minimum absolute atomic E-state index is 0.0840. The summed E-state index contributed by atoms with van der Waals surface area (Å²) in [6, 6.07) is 4.57. The highest BCUT2D eigenvalue weighted by Gasteiger charge is 2.21. The van der Waals surface area contributed by atoms with Crippen LogP contribution in [-0.4, -0.2) is 17.5 Å². The summed E-state index contributed by atoms with van der Waals surface area (Å²) in [7, 11) is 0. The second-order valence-electron chi connectivity index (χ2n) is 3.50. The highest BCUT2D eigenvalue weighted by atomic mass is 32.1. The summed E-state index contributed by atoms with van der Waals surface area (Å²) < 4.78 is 5.50. The molecule has 0 aliphatic carbocycles. The van der Waals surface area contributed by atoms with Crippen molar-refractivity contribution in [2.24, 2.45) is 0 Å². The van der Waals surface area contributed by atoms with Crippen LogP contribution >= 0.6 is 11.3 Å². The number of ether oxygens (including phenoxy) is 1. The van der Waals surface area contributed by atoms with Crippen molar-refractivity contribution in [2.75, 3.05) is 12.3 Å². The molecule has 94 valence electrons. The zero-order valence-electron chi connectivity index (χ0n) is 9.50. The Balaban J connectivity index is 2.61. The average Bonchev–Trinajstić information content (AvgIpc) is 2.72. The number of benzene rings is 1. The number of nitrogen functional groups attached to an aromatic ring is 1. The van der Waals surface area contributed by atoms with Crippen LogP contribution in [0.1, 0.15) is 16.6 Å². The minimum Gasteiger partial charge on any atom is -0.462 e. The fourth-order valence-corrected chi connectivity index (χ4v) is 2.58. The highest BCUT2D eigenvalue weighted by Crippen LogP contribution is 2.36. The summed E-state index contributed by atoms with van der Waals surface area (Å²) in [6.07, 6.45) is 0. The maximum Gasteiger partial charge on any atom is 0.348 e. The number of anilines is 1. The van der Waals surface area contributed by atoms with Crippen molar-refractivity contribution in [3.8, 4) is 0 Å². The molecule has 7 heteroatoms. The topological polar surface area (TPSA) is 95.5 Å². The number of carbonyl (C=O) groups excluding carboxylic acids is 1. The molecule has 2 aromatic rings. The first-order valence-corrected chi connectivity index (χ1v) is 5.99. The third-order valence-corrected chi connectivity index (χ3v) is 3.44. The number of hydrogen-bond donors (Lipinski definition) is 1. The average molecular weight is 266 g/mol. The fourth-order valence-electron chi connectivity index (χ4n) is 1.62. The molecule has 1 heterocycles. The predicted octanol–water partition coefficient (Wildman–Crippen LogP) is 2.57. The van der Waals surface area contributed by atoms with Crippen molar-refractivity contribution in [2.45, 2.75) is 6.92 Å². The van der Waals surface area contributed by atoms with Crippen molar-refractivity contribution >= 4 is 38.8 Å². The van der Waals surface area contributed by atoms with E-state index in [2.05, 4.69) is 0 Å². The van der Waals surface area contributed by atoms with Gasteiger partial charge >= 0.3 is 11.7 Å². The van der Waals surface area contributed by atoms with Gasteiger partial charge in [-0.2, -0.15) is 0 Å². The van der Waals surface area contributed by atoms with Gasteiger partial charge in [-0.05, 0) is 25.1 Å². The zero-order chi connectivity index (χ0) is 13.3. The van der Waals surface area contributed by atoms with E-state index in [4.69, 9.17) is 10.5 Å². The Morgan fingerprint density at radius 3 is 2.89 bits per heavy atom. The van der Waals surface area contributed by atoms with Crippen molar-refractivity contribution in [1.82, 2.24) is 0 Å². The molecule has 0 amide bonds. The van der Waals surface area contributed by atoms with Crippen LogP contribution in [0.4, 0.5) is 11.4 Å². The van der Waals surface area contributed by atoms with Gasteiger partial charge in [-0.15, -0.1) is 11.3 Å². The molecule has 0 saturated heterocycles. The second-order valence-corrected chi connectivity index (χ2v) is 4.59. The van der Waals surface area contributed by atoms with Gasteiger partial charge in [0.05, 0.1) is 16.9 Å². The molecule has 0 fully saturated rings. The van der Waals surface area contributed by atoms with E-state index in [1.165, 1.54) is 12.1 Å². The summed E-state index contributed by atoms with van der Waals surface area (Å²) in [4.78, 5) is 22.3. The van der Waals surface area contributed by atoms with Crippen LogP contribution in [0.25, 0.3) is 10.1 Å². The summed E-state index contributed by atoms with van der Waals surface area (Å²) in [6.45, 7) is 1.96. The highest BCUT2D eigenvalue weighted by molar-refractivity contribution is 7.20. The summed E-state index contributed by atoms with van der Waals surface area (Å²) in [5.41, 5.74) is 5.50. The van der Waals surface area contributed by atoms with E-state index in [1.807, 2.05) is 0 Å². The Morgan fingerprint density at radius 2 is 2.28 bits per heavy atom. The lowest BCUT2D eigenvalue weighted by molar-refractivity contribution is -0.382. The van der Waals surface area contributed by atoms with Crippen LogP contribution in [0.5, 0.6) is 0 Å². The van der Waals surface area contributed by atoms with Crippen molar-refractivity contribution in [1.29, 1.82) is 0 Å². The van der Waals surface area contributed by atoms with Gasteiger partial charge in [0.2, 0.25) is 0 Å². The Kier molecular flexibility index (Phi) is 3.15. The maximum atomic E-state index is 11.6. The molecule has 1 aromatic heterocycles. The van der Waals surface area contributed by atoms with Gasteiger partial charge in [0, 0.05) is 4.70 Å². The molecule has 0 bridgehead atoms. The molecule has 0 atom stereocenters. The lowest BCUT2D eigenvalue weighted by atomic mass is 10.2. The van der Waals surface area contributed by atoms with Crippen LogP contribution in [0, 0.1) is 10.1 Å². The molecule has 6 nitrogen and oxygen atoms in total. The van der Waals surface area contributed by atoms with E-state index in [-0.39, 0.29) is 18.0 Å². The van der Waals surface area contributed by atoms with E-state index in [0.717, 1.165) is 11.3 Å². The lowest BCUT2D eigenvalue weighted by Crippen LogP contribution is -2.01. The number of rotatable bonds is 3. The molecular weight excluding hydrogens is 256 g/mol. The molecule has 0 radical (unpaired) electrons. The molecule has 0 saturated carbocycles. The minimum atomic E-state index is -0.542. The van der Waals surface area contributed by atoms with Crippen LogP contribution < -0.4 is 5.73 Å². The summed E-state index contributed by atoms with van der Waals surface area (Å²) in [5, 5.41) is 11.3. The molecule has 0 aliphatic heterocycles. The molecule has 1 aromatic carbocycles. The van der Waals surface area contributed by atoms with Gasteiger partial charge in [0.15, 0.2) is 0 Å². The Bertz CT molecular complexity index is 635. The van der Waals surface area contributed by atoms with E-state index >= 15 is 0 Å². The molecule has 0 spiro atoms. The summed E-state index contributed by atoms with van der Waals surface area (Å²) in [5.74, 6) is -0.480. The molecule has 0 aliphatic rings. The number of carbonyl (C=O) groups is 1. The number of nitro groups is 1. The van der Waals surface area contributed by atoms with E-state index in [1.54, 1.807) is 13.0 Å². The monoisotopic (exact) mass is 266 g/mol. The first kappa shape index (κ1) is 12.3. The van der Waals surface area contributed by atoms with Gasteiger partial charge in [-0.3, -0.25) is 10.1 Å². The van der Waals surface area contributed by atoms with Gasteiger partial charge in [-0.25, -0.2) is 4.79 Å².